The van der Waals surface area contributed by atoms with Gasteiger partial charge in [0.2, 0.25) is 23.3 Å². The molecule has 0 unspecified atom stereocenters. The smallest absolute Gasteiger partial charge is 0.374 e. The molecule has 65 heavy (non-hydrogen) atoms. The monoisotopic (exact) mass is 865 g/mol. The SMILES string of the molecule is CCC(=Cc1oc2ccc(-c3ccccc3)cc2[n+]1CCCC(=O)NC(=O)Nc1ccccc1)C=C1Oc2ccc(-c3ccccc3)cc2N1CCCC(=O)NC(=O)Nc1ccccc1. The Balaban J connectivity index is 1.05. The first kappa shape index (κ1) is 43.4. The van der Waals surface area contributed by atoms with Gasteiger partial charge >= 0.3 is 18.0 Å². The first-order valence-corrected chi connectivity index (χ1v) is 21.7. The van der Waals surface area contributed by atoms with E-state index >= 15 is 0 Å². The van der Waals surface area contributed by atoms with Crippen molar-refractivity contribution in [3.8, 4) is 28.0 Å². The van der Waals surface area contributed by atoms with Crippen LogP contribution in [-0.4, -0.2) is 30.4 Å². The normalized spacial score (nSPS) is 12.7. The zero-order valence-corrected chi connectivity index (χ0v) is 36.0. The van der Waals surface area contributed by atoms with Gasteiger partial charge in [-0.25, -0.2) is 9.59 Å². The maximum Gasteiger partial charge on any atom is 0.374 e. The second-order valence-corrected chi connectivity index (χ2v) is 15.4. The summed E-state index contributed by atoms with van der Waals surface area (Å²) in [6, 6.07) is 49.1. The lowest BCUT2D eigenvalue weighted by atomic mass is 10.0. The minimum Gasteiger partial charge on any atom is -0.439 e. The standard InChI is InChI=1S/C53H48N6O6/c1-2-37(33-50-58(31-15-25-48(60)56-52(62)54-42-21-11-5-12-22-42)44-35-40(27-29-46(44)64-50)38-17-7-3-8-18-38)34-51-59(32-16-26-49(61)57-53(63)55-43-23-13-6-14-24-43)45-36-41(28-30-47(45)65-51)39-19-9-4-10-20-39/h3-14,17-24,27-30,33-36H,2,15-16,25-26,31-32H2,1H3,(H3-,54,55,56,57,60,61,62,63)/p+1. The number of aromatic nitrogens is 1. The molecule has 1 aromatic heterocycles. The number of carbonyl (C=O) groups is 4. The summed E-state index contributed by atoms with van der Waals surface area (Å²) in [5.74, 6) is 1.06. The number of nitrogens with zero attached hydrogens (tertiary/aromatic N) is 2. The number of aryl methyl sites for hydroxylation is 1. The zero-order chi connectivity index (χ0) is 45.0. The molecule has 0 atom stereocenters. The van der Waals surface area contributed by atoms with Crippen LogP contribution in [-0.2, 0) is 16.1 Å². The van der Waals surface area contributed by atoms with Crippen molar-refractivity contribution >= 4 is 58.1 Å². The van der Waals surface area contributed by atoms with Crippen LogP contribution in [0.4, 0.5) is 26.7 Å². The predicted molar refractivity (Wildman–Crippen MR) is 254 cm³/mol. The maximum absolute atomic E-state index is 12.9. The van der Waals surface area contributed by atoms with Crippen LogP contribution >= 0.6 is 0 Å². The van der Waals surface area contributed by atoms with Crippen molar-refractivity contribution < 1.29 is 32.9 Å². The van der Waals surface area contributed by atoms with Gasteiger partial charge in [0.05, 0.1) is 11.8 Å². The predicted octanol–water partition coefficient (Wildman–Crippen LogP) is 10.8. The maximum atomic E-state index is 12.9. The van der Waals surface area contributed by atoms with E-state index in [9.17, 15) is 19.2 Å². The molecule has 1 aliphatic rings. The molecule has 0 saturated heterocycles. The summed E-state index contributed by atoms with van der Waals surface area (Å²) < 4.78 is 15.2. The molecule has 1 aliphatic heterocycles. The molecule has 6 aromatic carbocycles. The third-order valence-electron chi connectivity index (χ3n) is 10.8. The number of amides is 6. The fourth-order valence-electron chi connectivity index (χ4n) is 7.60. The summed E-state index contributed by atoms with van der Waals surface area (Å²) in [6.45, 7) is 2.92. The Labute approximate surface area is 377 Å². The molecule has 0 spiro atoms. The van der Waals surface area contributed by atoms with Gasteiger partial charge in [-0.15, -0.1) is 0 Å². The number of hydrogen-bond acceptors (Lipinski definition) is 7. The van der Waals surface area contributed by atoms with E-state index in [0.717, 1.165) is 39.0 Å². The van der Waals surface area contributed by atoms with E-state index in [4.69, 9.17) is 9.15 Å². The Morgan fingerprint density at radius 3 is 1.74 bits per heavy atom. The average Bonchev–Trinajstić information content (AvgIpc) is 3.85. The van der Waals surface area contributed by atoms with E-state index in [1.165, 1.54) is 0 Å². The molecule has 2 heterocycles. The largest absolute Gasteiger partial charge is 0.439 e. The van der Waals surface area contributed by atoms with Crippen LogP contribution < -0.4 is 35.5 Å². The van der Waals surface area contributed by atoms with Crippen molar-refractivity contribution in [3.63, 3.8) is 0 Å². The summed E-state index contributed by atoms with van der Waals surface area (Å²) in [7, 11) is 0. The van der Waals surface area contributed by atoms with Crippen molar-refractivity contribution in [2.75, 3.05) is 22.1 Å². The Bertz CT molecular complexity index is 2860. The number of hydrogen-bond donors (Lipinski definition) is 4. The van der Waals surface area contributed by atoms with Gasteiger partial charge in [0.15, 0.2) is 12.3 Å². The molecule has 12 nitrogen and oxygen atoms in total. The summed E-state index contributed by atoms with van der Waals surface area (Å²) in [5, 5.41) is 10.2. The highest BCUT2D eigenvalue weighted by Gasteiger charge is 2.28. The van der Waals surface area contributed by atoms with E-state index in [1.807, 2.05) is 84.9 Å². The number of oxazole rings is 1. The molecule has 7 aromatic rings. The second-order valence-electron chi connectivity index (χ2n) is 15.4. The molecule has 6 amide bonds. The fraction of sp³-hybridized carbons (Fsp3) is 0.151. The van der Waals surface area contributed by atoms with Gasteiger partial charge in [-0.3, -0.25) is 20.2 Å². The number of urea groups is 2. The first-order valence-electron chi connectivity index (χ1n) is 21.7. The van der Waals surface area contributed by atoms with Crippen LogP contribution in [0.25, 0.3) is 39.4 Å². The Hall–Kier alpha value is -8.25. The molecule has 326 valence electrons. The molecular weight excluding hydrogens is 817 g/mol. The van der Waals surface area contributed by atoms with E-state index in [0.29, 0.717) is 66.8 Å². The molecule has 0 fully saturated rings. The van der Waals surface area contributed by atoms with Crippen LogP contribution in [0.15, 0.2) is 180 Å². The number of imide groups is 2. The lowest BCUT2D eigenvalue weighted by Gasteiger charge is -2.19. The molecule has 12 heteroatoms. The lowest BCUT2D eigenvalue weighted by Crippen LogP contribution is -2.37. The summed E-state index contributed by atoms with van der Waals surface area (Å²) >= 11 is 0. The number of para-hydroxylation sites is 2. The van der Waals surface area contributed by atoms with Crippen LogP contribution in [0, 0.1) is 0 Å². The van der Waals surface area contributed by atoms with Gasteiger partial charge < -0.3 is 24.7 Å². The van der Waals surface area contributed by atoms with Crippen molar-refractivity contribution in [3.05, 3.63) is 181 Å². The van der Waals surface area contributed by atoms with Crippen molar-refractivity contribution in [2.45, 2.75) is 45.6 Å². The highest BCUT2D eigenvalue weighted by atomic mass is 16.5. The summed E-state index contributed by atoms with van der Waals surface area (Å²) in [4.78, 5) is 53.1. The van der Waals surface area contributed by atoms with Crippen LogP contribution in [0.1, 0.15) is 44.9 Å². The van der Waals surface area contributed by atoms with E-state index < -0.39 is 23.9 Å². The van der Waals surface area contributed by atoms with E-state index in [1.54, 1.807) is 48.5 Å². The van der Waals surface area contributed by atoms with Gasteiger partial charge in [0.25, 0.3) is 5.52 Å². The number of anilines is 3. The van der Waals surface area contributed by atoms with E-state index in [-0.39, 0.29) is 12.8 Å². The van der Waals surface area contributed by atoms with Crippen molar-refractivity contribution in [2.24, 2.45) is 0 Å². The third-order valence-corrected chi connectivity index (χ3v) is 10.8. The topological polar surface area (TPSA) is 146 Å². The van der Waals surface area contributed by atoms with E-state index in [2.05, 4.69) is 74.1 Å². The van der Waals surface area contributed by atoms with Crippen molar-refractivity contribution in [1.29, 1.82) is 0 Å². The molecule has 0 radical (unpaired) electrons. The molecule has 8 rings (SSSR count). The molecule has 0 bridgehead atoms. The Morgan fingerprint density at radius 1 is 0.615 bits per heavy atom. The minimum atomic E-state index is -0.588. The van der Waals surface area contributed by atoms with Gasteiger partial charge in [-0.2, -0.15) is 4.57 Å². The Morgan fingerprint density at radius 2 is 1.15 bits per heavy atom. The quantitative estimate of drug-likeness (QED) is 0.0751. The van der Waals surface area contributed by atoms with Crippen LogP contribution in [0.3, 0.4) is 0 Å². The highest BCUT2D eigenvalue weighted by Crippen LogP contribution is 2.42. The third kappa shape index (κ3) is 11.2. The summed E-state index contributed by atoms with van der Waals surface area (Å²) in [5.41, 5.74) is 8.64. The number of nitrogens with one attached hydrogen (secondary N) is 4. The second kappa shape index (κ2) is 20.7. The molecule has 4 N–H and O–H groups in total. The molecule has 0 aliphatic carbocycles. The number of benzene rings is 6. The van der Waals surface area contributed by atoms with Crippen LogP contribution in [0.5, 0.6) is 5.75 Å². The molecular formula is C53H49N6O6+. The van der Waals surface area contributed by atoms with Gasteiger partial charge in [0, 0.05) is 49.3 Å². The Kier molecular flexibility index (Phi) is 13.9. The zero-order valence-electron chi connectivity index (χ0n) is 36.0. The minimum absolute atomic E-state index is 0.107. The number of ether oxygens (including phenoxy) is 1. The number of fused-ring (bicyclic) bond motifs is 2. The van der Waals surface area contributed by atoms with Gasteiger partial charge in [-0.1, -0.05) is 116 Å². The van der Waals surface area contributed by atoms with Crippen molar-refractivity contribution in [1.82, 2.24) is 10.6 Å². The number of rotatable bonds is 15. The first-order chi connectivity index (χ1) is 31.8. The highest BCUT2D eigenvalue weighted by molar-refractivity contribution is 6.01. The van der Waals surface area contributed by atoms with Crippen LogP contribution in [0.2, 0.25) is 0 Å². The van der Waals surface area contributed by atoms with Gasteiger partial charge in [-0.05, 0) is 83.1 Å². The summed E-state index contributed by atoms with van der Waals surface area (Å²) in [6.07, 6.45) is 5.67. The molecule has 0 saturated carbocycles. The average molecular weight is 866 g/mol. The number of carbonyl (C=O) groups excluding carboxylic acids is 4. The number of allylic oxidation sites excluding steroid dienone is 2. The van der Waals surface area contributed by atoms with Gasteiger partial charge in [0.1, 0.15) is 0 Å². The lowest BCUT2D eigenvalue weighted by molar-refractivity contribution is -0.678. The fourth-order valence-corrected chi connectivity index (χ4v) is 7.60.